The Hall–Kier alpha value is -0.100. The molecule has 0 aliphatic rings. The van der Waals surface area contributed by atoms with Crippen LogP contribution in [0, 0.1) is 5.92 Å². The Morgan fingerprint density at radius 2 is 1.82 bits per heavy atom. The molecule has 0 aliphatic heterocycles. The predicted molar refractivity (Wildman–Crippen MR) is 48.8 cm³/mol. The Kier molecular flexibility index (Phi) is 4.02. The van der Waals surface area contributed by atoms with E-state index in [1.54, 1.807) is 13.3 Å². The Labute approximate surface area is 68.7 Å². The van der Waals surface area contributed by atoms with Gasteiger partial charge in [0.05, 0.1) is 13.3 Å². The van der Waals surface area contributed by atoms with Crippen molar-refractivity contribution in [3.05, 3.63) is 0 Å². The van der Waals surface area contributed by atoms with E-state index in [9.17, 15) is 9.36 Å². The van der Waals surface area contributed by atoms with E-state index in [0.717, 1.165) is 0 Å². The minimum absolute atomic E-state index is 0.133. The largest absolute Gasteiger partial charge is 0.324 e. The van der Waals surface area contributed by atoms with E-state index >= 15 is 0 Å². The second-order valence-electron chi connectivity index (χ2n) is 3.87. The number of hydrogen-bond acceptors (Lipinski definition) is 2. The molecule has 66 valence electrons. The molecule has 11 heavy (non-hydrogen) atoms. The smallest absolute Gasteiger partial charge is 0.140 e. The van der Waals surface area contributed by atoms with Crippen LogP contribution in [0.15, 0.2) is 0 Å². The van der Waals surface area contributed by atoms with Crippen molar-refractivity contribution in [1.82, 2.24) is 0 Å². The van der Waals surface area contributed by atoms with E-state index in [2.05, 4.69) is 0 Å². The molecule has 0 unspecified atom stereocenters. The van der Waals surface area contributed by atoms with Gasteiger partial charge in [-0.3, -0.25) is 4.79 Å². The monoisotopic (exact) mass is 176 g/mol. The number of ketones is 1. The molecule has 0 aromatic carbocycles. The summed E-state index contributed by atoms with van der Waals surface area (Å²) in [6, 6.07) is 0. The number of rotatable bonds is 4. The van der Waals surface area contributed by atoms with Gasteiger partial charge in [-0.2, -0.15) is 0 Å². The molecular formula is C8H17O2P. The van der Waals surface area contributed by atoms with Gasteiger partial charge in [0.15, 0.2) is 0 Å². The Morgan fingerprint density at radius 1 is 1.36 bits per heavy atom. The molecule has 0 atom stereocenters. The summed E-state index contributed by atoms with van der Waals surface area (Å²) in [5.41, 5.74) is 0. The average molecular weight is 176 g/mol. The van der Waals surface area contributed by atoms with Crippen LogP contribution in [0.1, 0.15) is 20.3 Å². The molecule has 0 saturated heterocycles. The van der Waals surface area contributed by atoms with E-state index in [-0.39, 0.29) is 11.9 Å². The van der Waals surface area contributed by atoms with Crippen molar-refractivity contribution >= 4 is 12.9 Å². The second-order valence-corrected chi connectivity index (χ2v) is 7.33. The molecule has 0 saturated carbocycles. The molecular weight excluding hydrogens is 159 g/mol. The quantitative estimate of drug-likeness (QED) is 0.615. The minimum atomic E-state index is -2.13. The summed E-state index contributed by atoms with van der Waals surface area (Å²) in [6.45, 7) is 7.30. The summed E-state index contributed by atoms with van der Waals surface area (Å²) in [7, 11) is -2.13. The van der Waals surface area contributed by atoms with Crippen LogP contribution in [-0.4, -0.2) is 25.3 Å². The molecule has 0 heterocycles. The van der Waals surface area contributed by atoms with Gasteiger partial charge in [0.1, 0.15) is 5.78 Å². The zero-order valence-electron chi connectivity index (χ0n) is 7.76. The fourth-order valence-electron chi connectivity index (χ4n) is 0.945. The van der Waals surface area contributed by atoms with E-state index < -0.39 is 7.14 Å². The van der Waals surface area contributed by atoms with Crippen LogP contribution in [0.2, 0.25) is 0 Å². The van der Waals surface area contributed by atoms with Crippen LogP contribution in [0.3, 0.4) is 0 Å². The zero-order chi connectivity index (χ0) is 9.07. The highest BCUT2D eigenvalue weighted by Gasteiger charge is 2.14. The minimum Gasteiger partial charge on any atom is -0.324 e. The maximum Gasteiger partial charge on any atom is 0.140 e. The van der Waals surface area contributed by atoms with E-state index in [1.807, 2.05) is 13.8 Å². The molecule has 0 aromatic rings. The SMILES string of the molecule is CC(C)CC(=O)CP(C)(C)=O. The fraction of sp³-hybridized carbons (Fsp3) is 0.875. The summed E-state index contributed by atoms with van der Waals surface area (Å²) in [5.74, 6) is 0.516. The molecule has 0 radical (unpaired) electrons. The van der Waals surface area contributed by atoms with Crippen molar-refractivity contribution in [3.63, 3.8) is 0 Å². The van der Waals surface area contributed by atoms with Crippen LogP contribution in [-0.2, 0) is 9.36 Å². The Morgan fingerprint density at radius 3 is 2.09 bits per heavy atom. The van der Waals surface area contributed by atoms with Crippen molar-refractivity contribution in [1.29, 1.82) is 0 Å². The first-order valence-electron chi connectivity index (χ1n) is 3.87. The summed E-state index contributed by atoms with van der Waals surface area (Å²) < 4.78 is 11.2. The number of carbonyl (C=O) groups excluding carboxylic acids is 1. The molecule has 3 heteroatoms. The van der Waals surface area contributed by atoms with Gasteiger partial charge < -0.3 is 4.57 Å². The van der Waals surface area contributed by atoms with Crippen molar-refractivity contribution in [2.75, 3.05) is 19.5 Å². The molecule has 0 rings (SSSR count). The maximum absolute atomic E-state index is 11.2. The molecule has 0 N–H and O–H groups in total. The van der Waals surface area contributed by atoms with Crippen molar-refractivity contribution in [3.8, 4) is 0 Å². The standard InChI is InChI=1S/C8H17O2P/c1-7(2)5-8(9)6-11(3,4)10/h7H,5-6H2,1-4H3. The molecule has 0 bridgehead atoms. The number of carbonyl (C=O) groups is 1. The summed E-state index contributed by atoms with van der Waals surface area (Å²) in [5, 5.41) is 0. The highest BCUT2D eigenvalue weighted by Crippen LogP contribution is 2.35. The highest BCUT2D eigenvalue weighted by molar-refractivity contribution is 7.63. The Balaban J connectivity index is 3.80. The summed E-state index contributed by atoms with van der Waals surface area (Å²) in [4.78, 5) is 11.1. The van der Waals surface area contributed by atoms with Gasteiger partial charge in [-0.15, -0.1) is 0 Å². The average Bonchev–Trinajstić information content (AvgIpc) is 1.53. The third kappa shape index (κ3) is 7.80. The first-order valence-corrected chi connectivity index (χ1v) is 6.65. The lowest BCUT2D eigenvalue weighted by Crippen LogP contribution is -2.07. The van der Waals surface area contributed by atoms with Gasteiger partial charge in [0.25, 0.3) is 0 Å². The molecule has 0 spiro atoms. The lowest BCUT2D eigenvalue weighted by Gasteiger charge is -2.06. The second kappa shape index (κ2) is 4.06. The summed E-state index contributed by atoms with van der Waals surface area (Å²) in [6.07, 6.45) is 0.830. The van der Waals surface area contributed by atoms with Gasteiger partial charge in [0.2, 0.25) is 0 Å². The van der Waals surface area contributed by atoms with Gasteiger partial charge in [-0.25, -0.2) is 0 Å². The first kappa shape index (κ1) is 10.9. The highest BCUT2D eigenvalue weighted by atomic mass is 31.2. The van der Waals surface area contributed by atoms with Gasteiger partial charge in [-0.05, 0) is 19.2 Å². The third-order valence-corrected chi connectivity index (χ3v) is 2.31. The molecule has 0 aliphatic carbocycles. The van der Waals surface area contributed by atoms with Gasteiger partial charge >= 0.3 is 0 Å². The zero-order valence-corrected chi connectivity index (χ0v) is 8.65. The molecule has 0 aromatic heterocycles. The maximum atomic E-state index is 11.2. The van der Waals surface area contributed by atoms with Gasteiger partial charge in [0, 0.05) is 6.42 Å². The molecule has 0 fully saturated rings. The molecule has 0 amide bonds. The van der Waals surface area contributed by atoms with Crippen LogP contribution >= 0.6 is 7.14 Å². The normalized spacial score (nSPS) is 12.1. The fourth-order valence-corrected chi connectivity index (χ4v) is 1.92. The number of Topliss-reactive ketones (excluding diaryl/α,β-unsaturated/α-hetero) is 1. The Bertz CT molecular complexity index is 179. The van der Waals surface area contributed by atoms with E-state index in [4.69, 9.17) is 0 Å². The molecule has 2 nitrogen and oxygen atoms in total. The van der Waals surface area contributed by atoms with Gasteiger partial charge in [-0.1, -0.05) is 13.8 Å². The summed E-state index contributed by atoms with van der Waals surface area (Å²) >= 11 is 0. The van der Waals surface area contributed by atoms with Crippen LogP contribution < -0.4 is 0 Å². The van der Waals surface area contributed by atoms with Crippen molar-refractivity contribution in [2.24, 2.45) is 5.92 Å². The third-order valence-electron chi connectivity index (χ3n) is 1.19. The van der Waals surface area contributed by atoms with Crippen molar-refractivity contribution in [2.45, 2.75) is 20.3 Å². The van der Waals surface area contributed by atoms with E-state index in [1.165, 1.54) is 0 Å². The van der Waals surface area contributed by atoms with Crippen LogP contribution in [0.4, 0.5) is 0 Å². The van der Waals surface area contributed by atoms with Crippen molar-refractivity contribution < 1.29 is 9.36 Å². The first-order chi connectivity index (χ1) is 4.81. The number of hydrogen-bond donors (Lipinski definition) is 0. The lowest BCUT2D eigenvalue weighted by molar-refractivity contribution is -0.117. The predicted octanol–water partition coefficient (Wildman–Crippen LogP) is 2.22. The van der Waals surface area contributed by atoms with Crippen LogP contribution in [0.25, 0.3) is 0 Å². The van der Waals surface area contributed by atoms with Crippen LogP contribution in [0.5, 0.6) is 0 Å². The van der Waals surface area contributed by atoms with E-state index in [0.29, 0.717) is 12.3 Å². The topological polar surface area (TPSA) is 34.1 Å². The lowest BCUT2D eigenvalue weighted by atomic mass is 10.1.